The van der Waals surface area contributed by atoms with E-state index >= 15 is 0 Å². The van der Waals surface area contributed by atoms with Crippen LogP contribution in [0.15, 0.2) is 48.5 Å². The van der Waals surface area contributed by atoms with Crippen LogP contribution < -0.4 is 10.6 Å². The number of aliphatic carboxylic acids is 1. The normalized spacial score (nSPS) is 12.9. The SMILES string of the molecule is O=C(O)CCC(NC(=O)OCC1c2ccccc2-c2ccccc21)C(=O)Nc1nc(Cl)nc(Cl)n1. The largest absolute Gasteiger partial charge is 0.481 e. The van der Waals surface area contributed by atoms with E-state index in [1.165, 1.54) is 0 Å². The van der Waals surface area contributed by atoms with E-state index in [4.69, 9.17) is 33.0 Å². The number of benzene rings is 2. The van der Waals surface area contributed by atoms with Crippen molar-refractivity contribution >= 4 is 47.1 Å². The number of aromatic nitrogens is 3. The first-order chi connectivity index (χ1) is 16.8. The number of nitrogens with zero attached hydrogens (tertiary/aromatic N) is 3. The molecule has 0 saturated carbocycles. The molecule has 0 aliphatic heterocycles. The quantitative estimate of drug-likeness (QED) is 0.409. The zero-order valence-corrected chi connectivity index (χ0v) is 19.6. The predicted octanol–water partition coefficient (Wildman–Crippen LogP) is 3.89. The van der Waals surface area contributed by atoms with Gasteiger partial charge in [-0.3, -0.25) is 14.9 Å². The summed E-state index contributed by atoms with van der Waals surface area (Å²) in [4.78, 5) is 47.4. The van der Waals surface area contributed by atoms with Gasteiger partial charge in [-0.2, -0.15) is 15.0 Å². The number of hydrogen-bond acceptors (Lipinski definition) is 7. The highest BCUT2D eigenvalue weighted by atomic mass is 35.5. The number of carboxylic acid groups (broad SMARTS) is 1. The summed E-state index contributed by atoms with van der Waals surface area (Å²) in [5.74, 6) is -2.31. The summed E-state index contributed by atoms with van der Waals surface area (Å²) < 4.78 is 5.45. The summed E-state index contributed by atoms with van der Waals surface area (Å²) in [6.07, 6.45) is -1.44. The van der Waals surface area contributed by atoms with Gasteiger partial charge in [0.2, 0.25) is 22.4 Å². The molecule has 180 valence electrons. The van der Waals surface area contributed by atoms with E-state index in [2.05, 4.69) is 25.6 Å². The zero-order valence-electron chi connectivity index (χ0n) is 18.1. The van der Waals surface area contributed by atoms with Gasteiger partial charge in [0.25, 0.3) is 0 Å². The van der Waals surface area contributed by atoms with Crippen molar-refractivity contribution in [3.63, 3.8) is 0 Å². The molecule has 0 saturated heterocycles. The molecule has 35 heavy (non-hydrogen) atoms. The average Bonchev–Trinajstić information content (AvgIpc) is 3.13. The Kier molecular flexibility index (Phi) is 7.42. The van der Waals surface area contributed by atoms with Gasteiger partial charge in [0.05, 0.1) is 0 Å². The lowest BCUT2D eigenvalue weighted by Crippen LogP contribution is -2.44. The van der Waals surface area contributed by atoms with Crippen LogP contribution in [0.5, 0.6) is 0 Å². The molecular formula is C23H19Cl2N5O5. The number of carbonyl (C=O) groups is 3. The van der Waals surface area contributed by atoms with Crippen LogP contribution in [0, 0.1) is 0 Å². The second kappa shape index (κ2) is 10.7. The van der Waals surface area contributed by atoms with E-state index in [0.29, 0.717) is 0 Å². The van der Waals surface area contributed by atoms with Gasteiger partial charge in [-0.25, -0.2) is 4.79 Å². The smallest absolute Gasteiger partial charge is 0.407 e. The lowest BCUT2D eigenvalue weighted by Gasteiger charge is -2.19. The van der Waals surface area contributed by atoms with Gasteiger partial charge < -0.3 is 15.2 Å². The number of ether oxygens (including phenoxy) is 1. The van der Waals surface area contributed by atoms with Crippen molar-refractivity contribution in [2.24, 2.45) is 0 Å². The van der Waals surface area contributed by atoms with Crippen molar-refractivity contribution in [3.05, 3.63) is 70.2 Å². The molecule has 3 aromatic rings. The standard InChI is InChI=1S/C23H19Cl2N5O5/c24-20-28-21(25)30-22(29-20)27-19(33)17(9-10-18(31)32)26-23(34)35-11-16-14-7-3-1-5-12(14)13-6-2-4-8-15(13)16/h1-8,16-17H,9-11H2,(H,26,34)(H,31,32)(H,27,28,29,30,33). The van der Waals surface area contributed by atoms with E-state index in [1.54, 1.807) is 0 Å². The molecule has 0 radical (unpaired) electrons. The minimum absolute atomic E-state index is 0.0335. The molecule has 1 aliphatic rings. The molecule has 10 nitrogen and oxygen atoms in total. The maximum absolute atomic E-state index is 12.7. The predicted molar refractivity (Wildman–Crippen MR) is 127 cm³/mol. The van der Waals surface area contributed by atoms with Crippen LogP contribution in [0.25, 0.3) is 11.1 Å². The number of carboxylic acids is 1. The van der Waals surface area contributed by atoms with Crippen LogP contribution in [-0.4, -0.2) is 50.7 Å². The Morgan fingerprint density at radius 1 is 0.943 bits per heavy atom. The number of carbonyl (C=O) groups excluding carboxylic acids is 2. The van der Waals surface area contributed by atoms with E-state index < -0.39 is 24.0 Å². The fourth-order valence-corrected chi connectivity index (χ4v) is 4.26. The molecule has 12 heteroatoms. The maximum Gasteiger partial charge on any atom is 0.407 e. The maximum atomic E-state index is 12.7. The Morgan fingerprint density at radius 2 is 1.51 bits per heavy atom. The molecule has 3 N–H and O–H groups in total. The van der Waals surface area contributed by atoms with Gasteiger partial charge in [0, 0.05) is 12.3 Å². The summed E-state index contributed by atoms with van der Waals surface area (Å²) >= 11 is 11.4. The van der Waals surface area contributed by atoms with Crippen LogP contribution in [0.3, 0.4) is 0 Å². The monoisotopic (exact) mass is 515 g/mol. The molecule has 0 spiro atoms. The fourth-order valence-electron chi connectivity index (χ4n) is 3.90. The number of nitrogens with one attached hydrogen (secondary N) is 2. The molecule has 2 amide bonds. The number of alkyl carbamates (subject to hydrolysis) is 1. The fraction of sp³-hybridized carbons (Fsp3) is 0.217. The molecule has 1 aromatic heterocycles. The molecule has 1 aliphatic carbocycles. The first-order valence-electron chi connectivity index (χ1n) is 10.5. The lowest BCUT2D eigenvalue weighted by molar-refractivity contribution is -0.137. The van der Waals surface area contributed by atoms with Crippen molar-refractivity contribution < 1.29 is 24.2 Å². The van der Waals surface area contributed by atoms with Crippen LogP contribution in [0.2, 0.25) is 10.6 Å². The van der Waals surface area contributed by atoms with Crippen molar-refractivity contribution in [1.82, 2.24) is 20.3 Å². The summed E-state index contributed by atoms with van der Waals surface area (Å²) in [6.45, 7) is 0.0335. The number of halogens is 2. The molecule has 0 bridgehead atoms. The second-order valence-electron chi connectivity index (χ2n) is 7.64. The van der Waals surface area contributed by atoms with E-state index in [-0.39, 0.29) is 41.9 Å². The lowest BCUT2D eigenvalue weighted by atomic mass is 9.98. The molecule has 0 fully saturated rings. The Morgan fingerprint density at radius 3 is 2.09 bits per heavy atom. The molecule has 1 atom stereocenters. The molecule has 2 aromatic carbocycles. The highest BCUT2D eigenvalue weighted by Crippen LogP contribution is 2.44. The minimum Gasteiger partial charge on any atom is -0.481 e. The summed E-state index contributed by atoms with van der Waals surface area (Å²) in [6, 6.07) is 14.5. The van der Waals surface area contributed by atoms with Gasteiger partial charge in [0.15, 0.2) is 0 Å². The van der Waals surface area contributed by atoms with Crippen molar-refractivity contribution in [2.45, 2.75) is 24.8 Å². The number of fused-ring (bicyclic) bond motifs is 3. The first kappa shape index (κ1) is 24.4. The second-order valence-corrected chi connectivity index (χ2v) is 8.32. The third-order valence-electron chi connectivity index (χ3n) is 5.41. The van der Waals surface area contributed by atoms with Gasteiger partial charge in [-0.15, -0.1) is 0 Å². The molecular weight excluding hydrogens is 497 g/mol. The summed E-state index contributed by atoms with van der Waals surface area (Å²) in [5.41, 5.74) is 4.21. The van der Waals surface area contributed by atoms with Crippen LogP contribution in [0.1, 0.15) is 29.9 Å². The zero-order chi connectivity index (χ0) is 24.9. The van der Waals surface area contributed by atoms with Gasteiger partial charge in [-0.1, -0.05) is 48.5 Å². The first-order valence-corrected chi connectivity index (χ1v) is 11.3. The van der Waals surface area contributed by atoms with Crippen molar-refractivity contribution in [1.29, 1.82) is 0 Å². The molecule has 1 unspecified atom stereocenters. The molecule has 4 rings (SSSR count). The van der Waals surface area contributed by atoms with Gasteiger partial charge in [-0.05, 0) is 51.9 Å². The minimum atomic E-state index is -1.24. The summed E-state index contributed by atoms with van der Waals surface area (Å²) in [5, 5.41) is 13.3. The Bertz CT molecular complexity index is 1220. The highest BCUT2D eigenvalue weighted by Gasteiger charge is 2.30. The topological polar surface area (TPSA) is 143 Å². The van der Waals surface area contributed by atoms with Gasteiger partial charge >= 0.3 is 12.1 Å². The average molecular weight is 516 g/mol. The van der Waals surface area contributed by atoms with Gasteiger partial charge in [0.1, 0.15) is 12.6 Å². The van der Waals surface area contributed by atoms with E-state index in [0.717, 1.165) is 22.3 Å². The number of hydrogen-bond donors (Lipinski definition) is 3. The van der Waals surface area contributed by atoms with Crippen LogP contribution in [-0.2, 0) is 14.3 Å². The third kappa shape index (κ3) is 5.84. The number of rotatable bonds is 8. The molecule has 1 heterocycles. The number of anilines is 1. The third-order valence-corrected chi connectivity index (χ3v) is 5.75. The van der Waals surface area contributed by atoms with Crippen molar-refractivity contribution in [3.8, 4) is 11.1 Å². The Balaban J connectivity index is 1.43. The van der Waals surface area contributed by atoms with Crippen LogP contribution >= 0.6 is 23.2 Å². The van der Waals surface area contributed by atoms with Crippen molar-refractivity contribution in [2.75, 3.05) is 11.9 Å². The highest BCUT2D eigenvalue weighted by molar-refractivity contribution is 6.31. The van der Waals surface area contributed by atoms with Crippen LogP contribution in [0.4, 0.5) is 10.7 Å². The summed E-state index contributed by atoms with van der Waals surface area (Å²) in [7, 11) is 0. The number of amides is 2. The Hall–Kier alpha value is -3.76. The van der Waals surface area contributed by atoms with E-state index in [9.17, 15) is 14.4 Å². The van der Waals surface area contributed by atoms with E-state index in [1.807, 2.05) is 48.5 Å². The Labute approximate surface area is 209 Å².